The molecule has 4 N–H and O–H groups in total. The number of carbonyl (C=O) groups is 1. The van der Waals surface area contributed by atoms with Crippen molar-refractivity contribution in [1.82, 2.24) is 14.9 Å². The highest BCUT2D eigenvalue weighted by Crippen LogP contribution is 2.29. The smallest absolute Gasteiger partial charge is 0.341 e. The fourth-order valence-electron chi connectivity index (χ4n) is 3.39. The minimum absolute atomic E-state index is 0.0198. The number of nitrogens with one attached hydrogen (secondary N) is 1. The van der Waals surface area contributed by atoms with Gasteiger partial charge in [0.05, 0.1) is 21.8 Å². The van der Waals surface area contributed by atoms with Crippen LogP contribution in [0.5, 0.6) is 0 Å². The molecule has 0 atom stereocenters. The maximum absolute atomic E-state index is 14.8. The highest BCUT2D eigenvalue weighted by Gasteiger charge is 2.23. The summed E-state index contributed by atoms with van der Waals surface area (Å²) < 4.78 is 29.8. The van der Waals surface area contributed by atoms with E-state index in [2.05, 4.69) is 10.3 Å². The van der Waals surface area contributed by atoms with E-state index in [9.17, 15) is 23.5 Å². The van der Waals surface area contributed by atoms with Crippen LogP contribution in [-0.4, -0.2) is 46.8 Å². The Kier molecular flexibility index (Phi) is 5.04. The third kappa shape index (κ3) is 3.33. The van der Waals surface area contributed by atoms with E-state index in [-0.39, 0.29) is 33.2 Å². The zero-order valence-electron chi connectivity index (χ0n) is 15.5. The molecule has 1 fully saturated rings. The van der Waals surface area contributed by atoms with Crippen molar-refractivity contribution >= 4 is 40.1 Å². The molecule has 1 aliphatic heterocycles. The van der Waals surface area contributed by atoms with E-state index >= 15 is 0 Å². The summed E-state index contributed by atoms with van der Waals surface area (Å²) in [5.74, 6) is -2.99. The molecule has 0 bridgehead atoms. The molecule has 0 unspecified atom stereocenters. The van der Waals surface area contributed by atoms with Gasteiger partial charge >= 0.3 is 5.97 Å². The predicted octanol–water partition coefficient (Wildman–Crippen LogP) is 2.01. The molecule has 0 spiro atoms. The minimum atomic E-state index is -1.51. The van der Waals surface area contributed by atoms with E-state index in [0.717, 1.165) is 18.3 Å². The minimum Gasteiger partial charge on any atom is -0.477 e. The molecule has 8 nitrogen and oxygen atoms in total. The summed E-state index contributed by atoms with van der Waals surface area (Å²) in [5.41, 5.74) is 4.00. The Bertz CT molecular complexity index is 1240. The fraction of sp³-hybridized carbons (Fsp3) is 0.211. The van der Waals surface area contributed by atoms with Crippen molar-refractivity contribution < 1.29 is 18.7 Å². The van der Waals surface area contributed by atoms with Gasteiger partial charge in [-0.05, 0) is 18.2 Å². The molecule has 0 radical (unpaired) electrons. The largest absolute Gasteiger partial charge is 0.477 e. The van der Waals surface area contributed by atoms with Crippen LogP contribution in [0.25, 0.3) is 16.7 Å². The van der Waals surface area contributed by atoms with Crippen molar-refractivity contribution in [2.24, 2.45) is 0 Å². The molecular weight excluding hydrogens is 420 g/mol. The van der Waals surface area contributed by atoms with Crippen LogP contribution < -0.4 is 21.4 Å². The Morgan fingerprint density at radius 1 is 1.20 bits per heavy atom. The van der Waals surface area contributed by atoms with Crippen LogP contribution in [0.4, 0.5) is 20.3 Å². The predicted molar refractivity (Wildman–Crippen MR) is 109 cm³/mol. The quantitative estimate of drug-likeness (QED) is 0.539. The van der Waals surface area contributed by atoms with Gasteiger partial charge in [-0.15, -0.1) is 0 Å². The van der Waals surface area contributed by atoms with E-state index < -0.39 is 28.6 Å². The third-order valence-corrected chi connectivity index (χ3v) is 5.19. The van der Waals surface area contributed by atoms with Crippen molar-refractivity contribution in [2.45, 2.75) is 0 Å². The summed E-state index contributed by atoms with van der Waals surface area (Å²) in [5, 5.41) is 12.2. The molecule has 3 aromatic rings. The van der Waals surface area contributed by atoms with Gasteiger partial charge in [0, 0.05) is 32.4 Å². The number of rotatable bonds is 3. The summed E-state index contributed by atoms with van der Waals surface area (Å²) in [6.45, 7) is 2.25. The molecule has 3 heterocycles. The van der Waals surface area contributed by atoms with Gasteiger partial charge < -0.3 is 21.1 Å². The normalized spacial score (nSPS) is 14.3. The number of hydrogen-bond donors (Lipinski definition) is 3. The second kappa shape index (κ2) is 7.54. The molecule has 2 aromatic heterocycles. The van der Waals surface area contributed by atoms with Gasteiger partial charge in [-0.1, -0.05) is 11.6 Å². The van der Waals surface area contributed by atoms with Crippen LogP contribution in [0.1, 0.15) is 10.4 Å². The number of aromatic carboxylic acids is 1. The lowest BCUT2D eigenvalue weighted by Crippen LogP contribution is -2.44. The van der Waals surface area contributed by atoms with Gasteiger partial charge in [-0.25, -0.2) is 18.6 Å². The van der Waals surface area contributed by atoms with Gasteiger partial charge in [0.25, 0.3) is 0 Å². The molecular formula is C19H16ClF2N5O3. The fourth-order valence-corrected chi connectivity index (χ4v) is 3.63. The Morgan fingerprint density at radius 3 is 2.57 bits per heavy atom. The maximum Gasteiger partial charge on any atom is 0.341 e. The number of carboxylic acids is 1. The van der Waals surface area contributed by atoms with Crippen LogP contribution in [0, 0.1) is 11.6 Å². The molecule has 4 rings (SSSR count). The number of nitrogen functional groups attached to an aromatic ring is 1. The van der Waals surface area contributed by atoms with E-state index in [0.29, 0.717) is 26.2 Å². The summed E-state index contributed by atoms with van der Waals surface area (Å²) in [7, 11) is 0. The first-order valence-electron chi connectivity index (χ1n) is 8.97. The molecule has 0 saturated carbocycles. The van der Waals surface area contributed by atoms with Gasteiger partial charge in [0.1, 0.15) is 11.4 Å². The Labute approximate surface area is 173 Å². The third-order valence-electron chi connectivity index (χ3n) is 4.89. The average Bonchev–Trinajstić information content (AvgIpc) is 2.71. The summed E-state index contributed by atoms with van der Waals surface area (Å²) >= 11 is 6.17. The van der Waals surface area contributed by atoms with Crippen LogP contribution in [0.3, 0.4) is 0 Å². The maximum atomic E-state index is 14.8. The lowest BCUT2D eigenvalue weighted by molar-refractivity contribution is 0.0695. The summed E-state index contributed by atoms with van der Waals surface area (Å²) in [6.07, 6.45) is 1.03. The Hall–Kier alpha value is -3.24. The van der Waals surface area contributed by atoms with Crippen molar-refractivity contribution in [1.29, 1.82) is 0 Å². The lowest BCUT2D eigenvalue weighted by Gasteiger charge is -2.29. The number of halogens is 3. The number of benzene rings is 1. The second-order valence-electron chi connectivity index (χ2n) is 6.77. The van der Waals surface area contributed by atoms with Crippen LogP contribution >= 0.6 is 11.6 Å². The topological polar surface area (TPSA) is 113 Å². The second-order valence-corrected chi connectivity index (χ2v) is 7.18. The summed E-state index contributed by atoms with van der Waals surface area (Å²) in [4.78, 5) is 30.3. The molecule has 1 aromatic carbocycles. The van der Waals surface area contributed by atoms with E-state index in [1.54, 1.807) is 4.90 Å². The number of aromatic nitrogens is 2. The van der Waals surface area contributed by atoms with E-state index in [1.165, 1.54) is 10.6 Å². The summed E-state index contributed by atoms with van der Waals surface area (Å²) in [6, 6.07) is 3.13. The van der Waals surface area contributed by atoms with Gasteiger partial charge in [-0.2, -0.15) is 0 Å². The highest BCUT2D eigenvalue weighted by molar-refractivity contribution is 6.32. The van der Waals surface area contributed by atoms with Crippen molar-refractivity contribution in [3.8, 4) is 5.69 Å². The number of hydrogen-bond acceptors (Lipinski definition) is 6. The lowest BCUT2D eigenvalue weighted by atomic mass is 10.1. The molecule has 11 heteroatoms. The van der Waals surface area contributed by atoms with Crippen LogP contribution in [-0.2, 0) is 0 Å². The van der Waals surface area contributed by atoms with E-state index in [1.807, 2.05) is 0 Å². The standard InChI is InChI=1S/C19H16ClF2N5O3/c20-11-6-12(21)14(23)7-15(11)27-8-10(19(29)30)16(28)9-5-13(22)18(25-17(9)27)26-3-1-24-2-4-26/h5-8,24H,1-4,23H2,(H,29,30). The average molecular weight is 436 g/mol. The zero-order valence-corrected chi connectivity index (χ0v) is 16.2. The zero-order chi connectivity index (χ0) is 21.6. The molecule has 0 amide bonds. The van der Waals surface area contributed by atoms with Gasteiger partial charge in [0.2, 0.25) is 5.43 Å². The van der Waals surface area contributed by atoms with Crippen LogP contribution in [0.15, 0.2) is 29.2 Å². The molecule has 1 aliphatic rings. The van der Waals surface area contributed by atoms with Crippen molar-refractivity contribution in [2.75, 3.05) is 36.8 Å². The first-order valence-corrected chi connectivity index (χ1v) is 9.35. The Morgan fingerprint density at radius 2 is 1.90 bits per heavy atom. The van der Waals surface area contributed by atoms with Gasteiger partial charge in [-0.3, -0.25) is 9.36 Å². The Balaban J connectivity index is 2.07. The monoisotopic (exact) mass is 435 g/mol. The highest BCUT2D eigenvalue weighted by atomic mass is 35.5. The first kappa shape index (κ1) is 20.0. The number of carboxylic acid groups (broad SMARTS) is 1. The molecule has 0 aliphatic carbocycles. The van der Waals surface area contributed by atoms with Gasteiger partial charge in [0.15, 0.2) is 17.3 Å². The van der Waals surface area contributed by atoms with Crippen LogP contribution in [0.2, 0.25) is 5.02 Å². The van der Waals surface area contributed by atoms with Crippen molar-refractivity contribution in [3.05, 3.63) is 56.8 Å². The SMILES string of the molecule is Nc1cc(-n2cc(C(=O)O)c(=O)c3cc(F)c(N4CCNCC4)nc32)c(Cl)cc1F. The number of piperazine rings is 1. The number of nitrogens with two attached hydrogens (primary N) is 1. The number of fused-ring (bicyclic) bond motifs is 1. The number of nitrogens with zero attached hydrogens (tertiary/aromatic N) is 3. The number of pyridine rings is 2. The number of anilines is 2. The molecule has 156 valence electrons. The van der Waals surface area contributed by atoms with Crippen molar-refractivity contribution in [3.63, 3.8) is 0 Å². The molecule has 30 heavy (non-hydrogen) atoms. The first-order chi connectivity index (χ1) is 14.3. The molecule has 1 saturated heterocycles. The van der Waals surface area contributed by atoms with E-state index in [4.69, 9.17) is 17.3 Å².